The molecule has 1 atom stereocenters. The molecule has 0 saturated carbocycles. The van der Waals surface area contributed by atoms with Crippen LogP contribution in [-0.4, -0.2) is 96.6 Å². The molecule has 0 spiro atoms. The van der Waals surface area contributed by atoms with Crippen molar-refractivity contribution < 1.29 is 4.79 Å². The molecular weight excluding hydrogens is 531 g/mol. The van der Waals surface area contributed by atoms with Gasteiger partial charge in [-0.2, -0.15) is 0 Å². The van der Waals surface area contributed by atoms with E-state index in [0.29, 0.717) is 32.1 Å². The molecule has 2 fully saturated rings. The van der Waals surface area contributed by atoms with Gasteiger partial charge in [-0.05, 0) is 38.8 Å². The Kier molecular flexibility index (Phi) is 12.7. The fourth-order valence-corrected chi connectivity index (χ4v) is 4.51. The Balaban J connectivity index is 0.00000385. The molecule has 33 heavy (non-hydrogen) atoms. The first-order valence-corrected chi connectivity index (χ1v) is 12.3. The monoisotopic (exact) mass is 572 g/mol. The van der Waals surface area contributed by atoms with Crippen LogP contribution < -0.4 is 15.5 Å². The summed E-state index contributed by atoms with van der Waals surface area (Å²) in [5.74, 6) is 1.72. The van der Waals surface area contributed by atoms with E-state index < -0.39 is 0 Å². The molecule has 3 heterocycles. The minimum atomic E-state index is 0. The third-order valence-corrected chi connectivity index (χ3v) is 6.32. The molecule has 1 unspecified atom stereocenters. The molecule has 1 aromatic rings. The van der Waals surface area contributed by atoms with Gasteiger partial charge in [0.15, 0.2) is 5.96 Å². The van der Waals surface area contributed by atoms with E-state index in [-0.39, 0.29) is 29.9 Å². The van der Waals surface area contributed by atoms with E-state index in [1.54, 1.807) is 12.4 Å². The maximum atomic E-state index is 12.6. The predicted molar refractivity (Wildman–Crippen MR) is 144 cm³/mol. The molecule has 10 heteroatoms. The van der Waals surface area contributed by atoms with E-state index in [9.17, 15) is 4.79 Å². The van der Waals surface area contributed by atoms with Gasteiger partial charge in [0.2, 0.25) is 11.9 Å². The summed E-state index contributed by atoms with van der Waals surface area (Å²) < 4.78 is 0. The fourth-order valence-electron chi connectivity index (χ4n) is 4.51. The Labute approximate surface area is 215 Å². The van der Waals surface area contributed by atoms with E-state index in [0.717, 1.165) is 44.6 Å². The van der Waals surface area contributed by atoms with Crippen LogP contribution in [0.3, 0.4) is 0 Å². The summed E-state index contributed by atoms with van der Waals surface area (Å²) >= 11 is 0. The molecule has 0 radical (unpaired) electrons. The third kappa shape index (κ3) is 8.88. The van der Waals surface area contributed by atoms with Gasteiger partial charge in [0, 0.05) is 70.7 Å². The van der Waals surface area contributed by atoms with Gasteiger partial charge in [-0.25, -0.2) is 9.97 Å². The van der Waals surface area contributed by atoms with Crippen molar-refractivity contribution in [3.05, 3.63) is 18.5 Å². The van der Waals surface area contributed by atoms with Crippen LogP contribution in [-0.2, 0) is 4.79 Å². The number of hydrogen-bond donors (Lipinski definition) is 2. The second kappa shape index (κ2) is 15.3. The van der Waals surface area contributed by atoms with E-state index in [1.807, 2.05) is 11.0 Å². The number of likely N-dealkylation sites (tertiary alicyclic amines) is 1. The molecule has 0 bridgehead atoms. The smallest absolute Gasteiger partial charge is 0.225 e. The lowest BCUT2D eigenvalue weighted by atomic mass is 10.0. The maximum Gasteiger partial charge on any atom is 0.225 e. The average Bonchev–Trinajstić information content (AvgIpc) is 2.85. The van der Waals surface area contributed by atoms with Crippen molar-refractivity contribution in [3.63, 3.8) is 0 Å². The molecule has 186 valence electrons. The van der Waals surface area contributed by atoms with E-state index in [1.165, 1.54) is 32.2 Å². The molecule has 2 saturated heterocycles. The highest BCUT2D eigenvalue weighted by Crippen LogP contribution is 2.18. The van der Waals surface area contributed by atoms with Crippen LogP contribution >= 0.6 is 24.0 Å². The number of aliphatic imine (C=N–C) groups is 1. The number of nitrogens with zero attached hydrogens (tertiary/aromatic N) is 6. The summed E-state index contributed by atoms with van der Waals surface area (Å²) in [5.41, 5.74) is 0. The molecule has 2 aliphatic rings. The van der Waals surface area contributed by atoms with E-state index >= 15 is 0 Å². The maximum absolute atomic E-state index is 12.6. The largest absolute Gasteiger partial charge is 0.357 e. The van der Waals surface area contributed by atoms with Crippen LogP contribution in [0.5, 0.6) is 0 Å². The lowest BCUT2D eigenvalue weighted by Gasteiger charge is -2.35. The number of hydrogen-bond acceptors (Lipinski definition) is 6. The van der Waals surface area contributed by atoms with Crippen LogP contribution in [0.1, 0.15) is 46.0 Å². The van der Waals surface area contributed by atoms with Crippen molar-refractivity contribution in [1.82, 2.24) is 30.4 Å². The molecule has 2 N–H and O–H groups in total. The zero-order valence-electron chi connectivity index (χ0n) is 20.2. The van der Waals surface area contributed by atoms with Crippen molar-refractivity contribution in [1.29, 1.82) is 0 Å². The Bertz CT molecular complexity index is 712. The van der Waals surface area contributed by atoms with Gasteiger partial charge in [0.25, 0.3) is 0 Å². The lowest BCUT2D eigenvalue weighted by Crippen LogP contribution is -2.50. The zero-order valence-corrected chi connectivity index (χ0v) is 22.5. The summed E-state index contributed by atoms with van der Waals surface area (Å²) in [6.45, 7) is 11.7. The standard InChI is InChI=1S/C23H40N8O.HI/c1-3-20-8-5-6-14-29(20)15-13-26-22(24-4-2)25-12-9-21(32)30-16-18-31(19-17-30)23-27-10-7-11-28-23;/h7,10-11,20H,3-6,8-9,12-19H2,1-2H3,(H2,24,25,26);1H. The molecular formula is C23H41IN8O. The molecule has 1 amide bonds. The summed E-state index contributed by atoms with van der Waals surface area (Å²) in [6, 6.07) is 2.53. The highest BCUT2D eigenvalue weighted by atomic mass is 127. The Morgan fingerprint density at radius 2 is 1.85 bits per heavy atom. The second-order valence-electron chi connectivity index (χ2n) is 8.45. The quantitative estimate of drug-likeness (QED) is 0.266. The van der Waals surface area contributed by atoms with E-state index in [4.69, 9.17) is 4.99 Å². The van der Waals surface area contributed by atoms with Gasteiger partial charge >= 0.3 is 0 Å². The predicted octanol–water partition coefficient (Wildman–Crippen LogP) is 1.95. The average molecular weight is 573 g/mol. The first-order valence-electron chi connectivity index (χ1n) is 12.3. The minimum absolute atomic E-state index is 0. The van der Waals surface area contributed by atoms with Gasteiger partial charge in [0.1, 0.15) is 0 Å². The van der Waals surface area contributed by atoms with Crippen LogP contribution in [0.25, 0.3) is 0 Å². The SMILES string of the molecule is CCNC(=NCCN1CCCCC1CC)NCCC(=O)N1CCN(c2ncccn2)CC1.I. The molecule has 9 nitrogen and oxygen atoms in total. The van der Waals surface area contributed by atoms with Gasteiger partial charge in [-0.1, -0.05) is 13.3 Å². The number of rotatable bonds is 9. The molecule has 0 aromatic carbocycles. The first kappa shape index (κ1) is 27.6. The summed E-state index contributed by atoms with van der Waals surface area (Å²) in [5, 5.41) is 6.63. The summed E-state index contributed by atoms with van der Waals surface area (Å²) in [6.07, 6.45) is 9.16. The number of piperazine rings is 1. The number of anilines is 1. The lowest BCUT2D eigenvalue weighted by molar-refractivity contribution is -0.131. The number of nitrogens with one attached hydrogen (secondary N) is 2. The summed E-state index contributed by atoms with van der Waals surface area (Å²) in [7, 11) is 0. The fraction of sp³-hybridized carbons (Fsp3) is 0.739. The molecule has 2 aliphatic heterocycles. The number of piperidine rings is 1. The normalized spacial score (nSPS) is 19.7. The van der Waals surface area contributed by atoms with Gasteiger partial charge in [0.05, 0.1) is 6.54 Å². The second-order valence-corrected chi connectivity index (χ2v) is 8.45. The third-order valence-electron chi connectivity index (χ3n) is 6.32. The number of halogens is 1. The highest BCUT2D eigenvalue weighted by molar-refractivity contribution is 14.0. The zero-order chi connectivity index (χ0) is 22.6. The topological polar surface area (TPSA) is 89.0 Å². The van der Waals surface area contributed by atoms with Gasteiger partial charge < -0.3 is 20.4 Å². The number of carbonyl (C=O) groups excluding carboxylic acids is 1. The first-order chi connectivity index (χ1) is 15.7. The van der Waals surface area contributed by atoms with E-state index in [2.05, 4.69) is 44.2 Å². The minimum Gasteiger partial charge on any atom is -0.357 e. The van der Waals surface area contributed by atoms with Crippen molar-refractivity contribution in [2.45, 2.75) is 52.0 Å². The Morgan fingerprint density at radius 3 is 2.55 bits per heavy atom. The summed E-state index contributed by atoms with van der Waals surface area (Å²) in [4.78, 5) is 32.6. The van der Waals surface area contributed by atoms with Crippen LogP contribution in [0.4, 0.5) is 5.95 Å². The van der Waals surface area contributed by atoms with Crippen molar-refractivity contribution >= 4 is 41.8 Å². The number of guanidine groups is 1. The van der Waals surface area contributed by atoms with Crippen LogP contribution in [0, 0.1) is 0 Å². The molecule has 0 aliphatic carbocycles. The van der Waals surface area contributed by atoms with Crippen LogP contribution in [0.15, 0.2) is 23.5 Å². The van der Waals surface area contributed by atoms with Crippen molar-refractivity contribution in [2.24, 2.45) is 4.99 Å². The Morgan fingerprint density at radius 1 is 1.09 bits per heavy atom. The van der Waals surface area contributed by atoms with Crippen LogP contribution in [0.2, 0.25) is 0 Å². The molecule has 1 aromatic heterocycles. The number of carbonyl (C=O) groups is 1. The highest BCUT2D eigenvalue weighted by Gasteiger charge is 2.22. The van der Waals surface area contributed by atoms with Crippen molar-refractivity contribution in [2.75, 3.05) is 63.8 Å². The Hall–Kier alpha value is -1.69. The number of amides is 1. The van der Waals surface area contributed by atoms with Gasteiger partial charge in [-0.15, -0.1) is 24.0 Å². The number of aromatic nitrogens is 2. The molecule has 3 rings (SSSR count). The van der Waals surface area contributed by atoms with Crippen molar-refractivity contribution in [3.8, 4) is 0 Å². The van der Waals surface area contributed by atoms with Gasteiger partial charge in [-0.3, -0.25) is 14.7 Å².